The van der Waals surface area contributed by atoms with Gasteiger partial charge in [-0.1, -0.05) is 82.0 Å². The quantitative estimate of drug-likeness (QED) is 0.0145. The Kier molecular flexibility index (Phi) is 34.1. The SMILES string of the molecule is C=CCOOCC(O)COC(=O)C(CC=CCCCCC)CC(=O)OC(COC(=O)C=C)COc1ccc(Cc2ccc(OCC(COC(=O)C=C)OC(=O)CCCCOOCC(O)COC(=O)C=C)cc2)cc1. The Morgan fingerprint density at radius 2 is 1.07 bits per heavy atom. The molecule has 0 saturated carbocycles. The molecular formula is C54H72O20. The van der Waals surface area contributed by atoms with Gasteiger partial charge in [0.1, 0.15) is 83.2 Å². The standard InChI is InChI=1S/C54H72O20/c1-6-11-12-13-14-15-18-42(54(62)68-33-44(56)35-71-69-28-7-2)31-53(61)74-48(39-67-51(59)10-5)37-64-46-26-22-41(23-27-46)30-40-20-24-45(25-21-40)63-36-47(38-66-50(58)9-4)73-52(60)19-16-17-29-70-72-34-43(55)32-65-49(57)8-3/h7-10,14-15,20-27,42-44,47-48,55-56H,2-6,11-13,16-19,28-39H2,1H3. The molecule has 0 aliphatic heterocycles. The summed E-state index contributed by atoms with van der Waals surface area (Å²) in [5, 5.41) is 19.9. The Bertz CT molecular complexity index is 2020. The lowest BCUT2D eigenvalue weighted by molar-refractivity contribution is -0.306. The minimum absolute atomic E-state index is 0.0279. The summed E-state index contributed by atoms with van der Waals surface area (Å²) >= 11 is 0. The fraction of sp³-hybridized carbons (Fsp3) is 0.481. The molecule has 0 aromatic heterocycles. The average Bonchev–Trinajstić information content (AvgIpc) is 3.40. The zero-order valence-corrected chi connectivity index (χ0v) is 42.2. The van der Waals surface area contributed by atoms with E-state index in [0.29, 0.717) is 30.8 Å². The van der Waals surface area contributed by atoms with Gasteiger partial charge in [-0.2, -0.15) is 0 Å². The summed E-state index contributed by atoms with van der Waals surface area (Å²) in [7, 11) is 0. The van der Waals surface area contributed by atoms with Crippen LogP contribution in [0.25, 0.3) is 0 Å². The summed E-state index contributed by atoms with van der Waals surface area (Å²) in [4.78, 5) is 93.3. The normalized spacial score (nSPS) is 13.0. The number of ether oxygens (including phenoxy) is 8. The number of carbonyl (C=O) groups excluding carboxylic acids is 6. The van der Waals surface area contributed by atoms with Crippen molar-refractivity contribution in [2.45, 2.75) is 95.5 Å². The Balaban J connectivity index is 1.94. The minimum atomic E-state index is -1.18. The summed E-state index contributed by atoms with van der Waals surface area (Å²) in [6, 6.07) is 14.4. The maximum absolute atomic E-state index is 13.3. The average molecular weight is 1040 g/mol. The van der Waals surface area contributed by atoms with E-state index in [-0.39, 0.29) is 78.7 Å². The van der Waals surface area contributed by atoms with Gasteiger partial charge in [0.15, 0.2) is 12.2 Å². The third-order valence-corrected chi connectivity index (χ3v) is 9.92. The van der Waals surface area contributed by atoms with Crippen LogP contribution in [0.4, 0.5) is 0 Å². The second kappa shape index (κ2) is 39.8. The zero-order valence-electron chi connectivity index (χ0n) is 42.2. The van der Waals surface area contributed by atoms with Gasteiger partial charge in [0.05, 0.1) is 18.9 Å². The van der Waals surface area contributed by atoms with Gasteiger partial charge >= 0.3 is 35.8 Å². The highest BCUT2D eigenvalue weighted by Crippen LogP contribution is 2.20. The van der Waals surface area contributed by atoms with E-state index in [9.17, 15) is 39.0 Å². The molecule has 20 nitrogen and oxygen atoms in total. The number of hydrogen-bond acceptors (Lipinski definition) is 20. The number of benzene rings is 2. The summed E-state index contributed by atoms with van der Waals surface area (Å²) in [5.74, 6) is -4.17. The molecule has 2 aromatic carbocycles. The van der Waals surface area contributed by atoms with E-state index >= 15 is 0 Å². The predicted octanol–water partition coefficient (Wildman–Crippen LogP) is 6.10. The maximum atomic E-state index is 13.3. The number of allylic oxidation sites excluding steroid dienone is 2. The van der Waals surface area contributed by atoms with Crippen LogP contribution >= 0.6 is 0 Å². The van der Waals surface area contributed by atoms with Crippen LogP contribution in [0, 0.1) is 5.92 Å². The van der Waals surface area contributed by atoms with Crippen molar-refractivity contribution in [3.05, 3.63) is 122 Å². The van der Waals surface area contributed by atoms with Crippen molar-refractivity contribution in [2.75, 3.05) is 66.1 Å². The van der Waals surface area contributed by atoms with Crippen LogP contribution in [0.15, 0.2) is 111 Å². The third kappa shape index (κ3) is 31.0. The van der Waals surface area contributed by atoms with Gasteiger partial charge in [-0.15, -0.1) is 6.58 Å². The first kappa shape index (κ1) is 63.4. The third-order valence-electron chi connectivity index (χ3n) is 9.92. The van der Waals surface area contributed by atoms with Crippen LogP contribution in [-0.4, -0.2) is 137 Å². The van der Waals surface area contributed by atoms with Crippen molar-refractivity contribution in [3.63, 3.8) is 0 Å². The molecule has 0 saturated heterocycles. The van der Waals surface area contributed by atoms with Crippen LogP contribution in [-0.2, 0) is 83.2 Å². The molecule has 0 bridgehead atoms. The molecule has 0 spiro atoms. The van der Waals surface area contributed by atoms with Gasteiger partial charge < -0.3 is 48.1 Å². The number of aliphatic hydroxyl groups is 2. The molecular weight excluding hydrogens is 969 g/mol. The monoisotopic (exact) mass is 1040 g/mol. The molecule has 0 aliphatic rings. The largest absolute Gasteiger partial charge is 0.490 e. The fourth-order valence-corrected chi connectivity index (χ4v) is 6.02. The Morgan fingerprint density at radius 3 is 1.59 bits per heavy atom. The fourth-order valence-electron chi connectivity index (χ4n) is 6.02. The molecule has 74 heavy (non-hydrogen) atoms. The first-order valence-electron chi connectivity index (χ1n) is 24.3. The van der Waals surface area contributed by atoms with Gasteiger partial charge in [0, 0.05) is 24.6 Å². The van der Waals surface area contributed by atoms with E-state index in [4.69, 9.17) is 57.4 Å². The summed E-state index contributed by atoms with van der Waals surface area (Å²) in [5.41, 5.74) is 1.88. The van der Waals surface area contributed by atoms with Crippen LogP contribution in [0.2, 0.25) is 0 Å². The predicted molar refractivity (Wildman–Crippen MR) is 267 cm³/mol. The lowest BCUT2D eigenvalue weighted by atomic mass is 10.0. The van der Waals surface area contributed by atoms with Crippen LogP contribution < -0.4 is 9.47 Å². The molecule has 2 N–H and O–H groups in total. The molecule has 0 amide bonds. The van der Waals surface area contributed by atoms with E-state index < -0.39 is 72.8 Å². The van der Waals surface area contributed by atoms with E-state index in [1.165, 1.54) is 6.08 Å². The lowest BCUT2D eigenvalue weighted by Crippen LogP contribution is -2.33. The highest BCUT2D eigenvalue weighted by molar-refractivity contribution is 5.82. The summed E-state index contributed by atoms with van der Waals surface area (Å²) < 4.78 is 43.3. The molecule has 0 heterocycles. The first-order chi connectivity index (χ1) is 35.8. The number of unbranched alkanes of at least 4 members (excludes halogenated alkanes) is 4. The van der Waals surface area contributed by atoms with Crippen molar-refractivity contribution in [1.29, 1.82) is 0 Å². The second-order valence-corrected chi connectivity index (χ2v) is 16.3. The number of hydrogen-bond donors (Lipinski definition) is 2. The van der Waals surface area contributed by atoms with Crippen LogP contribution in [0.1, 0.15) is 75.8 Å². The van der Waals surface area contributed by atoms with Gasteiger partial charge in [-0.05, 0) is 73.9 Å². The first-order valence-corrected chi connectivity index (χ1v) is 24.3. The molecule has 20 heteroatoms. The summed E-state index contributed by atoms with van der Waals surface area (Å²) in [6.07, 6.45) is 8.98. The minimum Gasteiger partial charge on any atom is -0.490 e. The zero-order chi connectivity index (χ0) is 54.2. The highest BCUT2D eigenvalue weighted by atomic mass is 17.2. The molecule has 5 atom stereocenters. The van der Waals surface area contributed by atoms with Gasteiger partial charge in [-0.25, -0.2) is 33.9 Å². The smallest absolute Gasteiger partial charge is 0.330 e. The van der Waals surface area contributed by atoms with E-state index in [1.54, 1.807) is 24.3 Å². The molecule has 0 radical (unpaired) electrons. The van der Waals surface area contributed by atoms with E-state index in [0.717, 1.165) is 55.0 Å². The number of aliphatic hydroxyl groups excluding tert-OH is 2. The molecule has 5 unspecified atom stereocenters. The van der Waals surface area contributed by atoms with Gasteiger partial charge in [-0.3, -0.25) is 14.4 Å². The van der Waals surface area contributed by atoms with Crippen molar-refractivity contribution in [3.8, 4) is 11.5 Å². The topological polar surface area (TPSA) is 254 Å². The Hall–Kier alpha value is -6.68. The molecule has 408 valence electrons. The van der Waals surface area contributed by atoms with Gasteiger partial charge in [0.25, 0.3) is 0 Å². The van der Waals surface area contributed by atoms with Crippen LogP contribution in [0.5, 0.6) is 11.5 Å². The number of esters is 6. The van der Waals surface area contributed by atoms with Crippen molar-refractivity contribution < 1.29 is 96.4 Å². The van der Waals surface area contributed by atoms with Gasteiger partial charge in [0.2, 0.25) is 0 Å². The number of carbonyl (C=O) groups is 6. The van der Waals surface area contributed by atoms with Crippen molar-refractivity contribution in [1.82, 2.24) is 0 Å². The second-order valence-electron chi connectivity index (χ2n) is 16.3. The van der Waals surface area contributed by atoms with Crippen molar-refractivity contribution in [2.24, 2.45) is 5.92 Å². The number of rotatable bonds is 43. The van der Waals surface area contributed by atoms with Crippen molar-refractivity contribution >= 4 is 35.8 Å². The molecule has 2 aromatic rings. The Morgan fingerprint density at radius 1 is 0.554 bits per heavy atom. The molecule has 2 rings (SSSR count). The highest BCUT2D eigenvalue weighted by Gasteiger charge is 2.27. The van der Waals surface area contributed by atoms with Crippen LogP contribution in [0.3, 0.4) is 0 Å². The molecule has 0 aliphatic carbocycles. The molecule has 0 fully saturated rings. The van der Waals surface area contributed by atoms with E-state index in [1.807, 2.05) is 36.4 Å². The summed E-state index contributed by atoms with van der Waals surface area (Å²) in [6.45, 7) is 13.8. The Labute approximate surface area is 432 Å². The maximum Gasteiger partial charge on any atom is 0.330 e. The van der Waals surface area contributed by atoms with E-state index in [2.05, 4.69) is 33.2 Å². The lowest BCUT2D eigenvalue weighted by Gasteiger charge is -2.20.